The standard InChI is InChI=1S/C11H10F3N3O2S2/c1-2-15-9(18)17-21-10-16-7-4-3-6(5-8(7)20-10)19-11(12,13)14/h3-5H,2H2,1H3,(H2,15,17,18). The van der Waals surface area contributed by atoms with Crippen LogP contribution in [0, 0.1) is 0 Å². The minimum atomic E-state index is -4.73. The number of urea groups is 1. The maximum absolute atomic E-state index is 12.1. The van der Waals surface area contributed by atoms with Crippen molar-refractivity contribution in [2.24, 2.45) is 0 Å². The van der Waals surface area contributed by atoms with E-state index in [1.165, 1.54) is 18.2 Å². The lowest BCUT2D eigenvalue weighted by Crippen LogP contribution is -2.30. The lowest BCUT2D eigenvalue weighted by molar-refractivity contribution is -0.274. The van der Waals surface area contributed by atoms with Crippen LogP contribution >= 0.6 is 23.3 Å². The number of hydrogen-bond acceptors (Lipinski definition) is 5. The molecule has 10 heteroatoms. The number of carbonyl (C=O) groups excluding carboxylic acids is 1. The molecule has 0 atom stereocenters. The monoisotopic (exact) mass is 337 g/mol. The largest absolute Gasteiger partial charge is 0.573 e. The van der Waals surface area contributed by atoms with E-state index in [0.717, 1.165) is 23.3 Å². The van der Waals surface area contributed by atoms with Gasteiger partial charge >= 0.3 is 12.4 Å². The van der Waals surface area contributed by atoms with Gasteiger partial charge in [-0.15, -0.1) is 24.5 Å². The van der Waals surface area contributed by atoms with E-state index >= 15 is 0 Å². The van der Waals surface area contributed by atoms with Gasteiger partial charge in [-0.05, 0) is 25.1 Å². The molecule has 2 aromatic rings. The molecule has 2 N–H and O–H groups in total. The number of carbonyl (C=O) groups is 1. The Kier molecular flexibility index (Phi) is 4.78. The number of benzene rings is 1. The molecule has 0 saturated carbocycles. The third kappa shape index (κ3) is 4.67. The van der Waals surface area contributed by atoms with Crippen LogP contribution in [0.3, 0.4) is 0 Å². The van der Waals surface area contributed by atoms with E-state index in [2.05, 4.69) is 19.8 Å². The van der Waals surface area contributed by atoms with Crippen LogP contribution < -0.4 is 14.8 Å². The van der Waals surface area contributed by atoms with Crippen molar-refractivity contribution in [3.8, 4) is 5.75 Å². The molecule has 114 valence electrons. The molecule has 0 aliphatic rings. The Morgan fingerprint density at radius 1 is 1.48 bits per heavy atom. The fourth-order valence-electron chi connectivity index (χ4n) is 1.41. The number of fused-ring (bicyclic) bond motifs is 1. The zero-order chi connectivity index (χ0) is 15.5. The van der Waals surface area contributed by atoms with E-state index in [0.29, 0.717) is 21.1 Å². The zero-order valence-electron chi connectivity index (χ0n) is 10.7. The first-order chi connectivity index (χ1) is 9.87. The molecule has 2 rings (SSSR count). The van der Waals surface area contributed by atoms with E-state index in [1.54, 1.807) is 6.92 Å². The molecule has 0 aliphatic heterocycles. The van der Waals surface area contributed by atoms with E-state index in [4.69, 9.17) is 0 Å². The van der Waals surface area contributed by atoms with Gasteiger partial charge in [0.2, 0.25) is 0 Å². The Morgan fingerprint density at radius 3 is 2.90 bits per heavy atom. The van der Waals surface area contributed by atoms with Crippen LogP contribution in [0.2, 0.25) is 0 Å². The molecule has 1 heterocycles. The lowest BCUT2D eigenvalue weighted by Gasteiger charge is -2.07. The second-order valence-corrected chi connectivity index (χ2v) is 5.80. The Hall–Kier alpha value is -1.68. The first-order valence-corrected chi connectivity index (χ1v) is 7.37. The fraction of sp³-hybridized carbons (Fsp3) is 0.273. The van der Waals surface area contributed by atoms with E-state index in [1.807, 2.05) is 0 Å². The number of hydrogen-bond donors (Lipinski definition) is 2. The summed E-state index contributed by atoms with van der Waals surface area (Å²) in [5.41, 5.74) is 0.537. The number of nitrogens with zero attached hydrogens (tertiary/aromatic N) is 1. The fourth-order valence-corrected chi connectivity index (χ4v) is 3.09. The number of amides is 2. The molecule has 0 saturated heterocycles. The normalized spacial score (nSPS) is 11.4. The average molecular weight is 337 g/mol. The molecular formula is C11H10F3N3O2S2. The molecule has 0 fully saturated rings. The summed E-state index contributed by atoms with van der Waals surface area (Å²) >= 11 is 2.16. The van der Waals surface area contributed by atoms with Crippen molar-refractivity contribution in [1.29, 1.82) is 0 Å². The predicted octanol–water partition coefficient (Wildman–Crippen LogP) is 3.52. The van der Waals surface area contributed by atoms with Gasteiger partial charge < -0.3 is 10.1 Å². The third-order valence-electron chi connectivity index (χ3n) is 2.14. The minimum Gasteiger partial charge on any atom is -0.406 e. The highest BCUT2D eigenvalue weighted by molar-refractivity contribution is 7.99. The smallest absolute Gasteiger partial charge is 0.406 e. The van der Waals surface area contributed by atoms with E-state index < -0.39 is 6.36 Å². The lowest BCUT2D eigenvalue weighted by atomic mass is 10.3. The molecule has 1 aromatic heterocycles. The molecule has 0 bridgehead atoms. The van der Waals surface area contributed by atoms with Crippen LogP contribution in [0.15, 0.2) is 22.5 Å². The summed E-state index contributed by atoms with van der Waals surface area (Å²) in [7, 11) is 0. The number of ether oxygens (including phenoxy) is 1. The number of aromatic nitrogens is 1. The summed E-state index contributed by atoms with van der Waals surface area (Å²) in [6.45, 7) is 2.27. The molecule has 0 unspecified atom stereocenters. The SMILES string of the molecule is CCNC(=O)NSc1nc2ccc(OC(F)(F)F)cc2s1. The van der Waals surface area contributed by atoms with Crippen molar-refractivity contribution in [2.45, 2.75) is 17.6 Å². The summed E-state index contributed by atoms with van der Waals surface area (Å²) in [6, 6.07) is 3.53. The molecule has 0 aliphatic carbocycles. The first kappa shape index (κ1) is 15.7. The highest BCUT2D eigenvalue weighted by atomic mass is 32.2. The second-order valence-electron chi connectivity index (χ2n) is 3.72. The average Bonchev–Trinajstić information content (AvgIpc) is 2.77. The topological polar surface area (TPSA) is 63.2 Å². The number of thiazole rings is 1. The maximum Gasteiger partial charge on any atom is 0.573 e. The second kappa shape index (κ2) is 6.39. The Morgan fingerprint density at radius 2 is 2.24 bits per heavy atom. The number of alkyl halides is 3. The Balaban J connectivity index is 2.09. The van der Waals surface area contributed by atoms with Gasteiger partial charge in [-0.25, -0.2) is 9.78 Å². The van der Waals surface area contributed by atoms with Crippen molar-refractivity contribution in [3.63, 3.8) is 0 Å². The minimum absolute atomic E-state index is 0.299. The van der Waals surface area contributed by atoms with Gasteiger partial charge in [-0.1, -0.05) is 0 Å². The van der Waals surface area contributed by atoms with E-state index in [-0.39, 0.29) is 11.8 Å². The van der Waals surface area contributed by atoms with Gasteiger partial charge in [0.1, 0.15) is 5.75 Å². The molecular weight excluding hydrogens is 327 g/mol. The van der Waals surface area contributed by atoms with Crippen LogP contribution in [-0.2, 0) is 0 Å². The van der Waals surface area contributed by atoms with Crippen molar-refractivity contribution >= 4 is 39.5 Å². The molecule has 0 radical (unpaired) electrons. The molecule has 1 aromatic carbocycles. The van der Waals surface area contributed by atoms with Crippen molar-refractivity contribution in [2.75, 3.05) is 6.54 Å². The molecule has 21 heavy (non-hydrogen) atoms. The summed E-state index contributed by atoms with van der Waals surface area (Å²) in [4.78, 5) is 15.4. The molecule has 0 spiro atoms. The van der Waals surface area contributed by atoms with Crippen molar-refractivity contribution in [1.82, 2.24) is 15.0 Å². The number of rotatable bonds is 4. The maximum atomic E-state index is 12.1. The first-order valence-electron chi connectivity index (χ1n) is 5.74. The van der Waals surface area contributed by atoms with Gasteiger partial charge in [-0.2, -0.15) is 0 Å². The summed E-state index contributed by atoms with van der Waals surface area (Å²) in [5.74, 6) is -0.299. The van der Waals surface area contributed by atoms with Crippen LogP contribution in [0.4, 0.5) is 18.0 Å². The van der Waals surface area contributed by atoms with Gasteiger partial charge in [0.15, 0.2) is 4.34 Å². The van der Waals surface area contributed by atoms with Gasteiger partial charge in [-0.3, -0.25) is 4.72 Å². The quantitative estimate of drug-likeness (QED) is 0.838. The van der Waals surface area contributed by atoms with Crippen LogP contribution in [0.1, 0.15) is 6.92 Å². The van der Waals surface area contributed by atoms with Crippen molar-refractivity contribution < 1.29 is 22.7 Å². The summed E-state index contributed by atoms with van der Waals surface area (Å²) < 4.78 is 43.8. The highest BCUT2D eigenvalue weighted by Crippen LogP contribution is 2.32. The third-order valence-corrected chi connectivity index (χ3v) is 4.01. The Bertz CT molecular complexity index is 645. The summed E-state index contributed by atoms with van der Waals surface area (Å²) in [5, 5.41) is 2.55. The summed E-state index contributed by atoms with van der Waals surface area (Å²) in [6.07, 6.45) is -4.73. The van der Waals surface area contributed by atoms with Gasteiger partial charge in [0.25, 0.3) is 0 Å². The highest BCUT2D eigenvalue weighted by Gasteiger charge is 2.31. The molecule has 5 nitrogen and oxygen atoms in total. The number of halogens is 3. The van der Waals surface area contributed by atoms with Gasteiger partial charge in [0, 0.05) is 18.5 Å². The molecule has 2 amide bonds. The predicted molar refractivity (Wildman–Crippen MR) is 74.4 cm³/mol. The van der Waals surface area contributed by atoms with Crippen LogP contribution in [0.5, 0.6) is 5.75 Å². The van der Waals surface area contributed by atoms with Crippen LogP contribution in [0.25, 0.3) is 10.2 Å². The zero-order valence-corrected chi connectivity index (χ0v) is 12.3. The number of nitrogens with one attached hydrogen (secondary N) is 2. The van der Waals surface area contributed by atoms with Gasteiger partial charge in [0.05, 0.1) is 10.2 Å². The van der Waals surface area contributed by atoms with Crippen LogP contribution in [-0.4, -0.2) is 23.9 Å². The Labute approximate surface area is 126 Å². The van der Waals surface area contributed by atoms with E-state index in [9.17, 15) is 18.0 Å². The van der Waals surface area contributed by atoms with Crippen molar-refractivity contribution in [3.05, 3.63) is 18.2 Å².